The van der Waals surface area contributed by atoms with Gasteiger partial charge in [0.25, 0.3) is 0 Å². The molecule has 146 valence electrons. The van der Waals surface area contributed by atoms with Gasteiger partial charge in [-0.25, -0.2) is 4.99 Å². The van der Waals surface area contributed by atoms with Crippen LogP contribution in [0.3, 0.4) is 0 Å². The zero-order valence-corrected chi connectivity index (χ0v) is 16.3. The highest BCUT2D eigenvalue weighted by atomic mass is 16.5. The summed E-state index contributed by atoms with van der Waals surface area (Å²) in [6.07, 6.45) is 5.90. The van der Waals surface area contributed by atoms with E-state index in [9.17, 15) is 0 Å². The second-order valence-corrected chi connectivity index (χ2v) is 6.95. The Bertz CT molecular complexity index is 721. The predicted molar refractivity (Wildman–Crippen MR) is 107 cm³/mol. The first-order valence-electron chi connectivity index (χ1n) is 9.80. The summed E-state index contributed by atoms with van der Waals surface area (Å²) in [5, 5.41) is 15.3. The summed E-state index contributed by atoms with van der Waals surface area (Å²) < 4.78 is 7.72. The number of ether oxygens (including phenoxy) is 1. The number of benzene rings is 1. The summed E-state index contributed by atoms with van der Waals surface area (Å²) in [6, 6.07) is 10.4. The molecule has 1 aromatic heterocycles. The lowest BCUT2D eigenvalue weighted by Gasteiger charge is -2.17. The lowest BCUT2D eigenvalue weighted by Crippen LogP contribution is -2.43. The Morgan fingerprint density at radius 2 is 2.00 bits per heavy atom. The third kappa shape index (κ3) is 5.98. The Hall–Kier alpha value is -2.57. The molecular formula is C20H30N6O. The minimum absolute atomic E-state index is 0.512. The second kappa shape index (κ2) is 9.94. The molecule has 1 aromatic carbocycles. The zero-order chi connectivity index (χ0) is 18.9. The van der Waals surface area contributed by atoms with Crippen molar-refractivity contribution in [3.05, 3.63) is 42.0 Å². The molecule has 0 bridgehead atoms. The molecule has 1 aliphatic rings. The van der Waals surface area contributed by atoms with Gasteiger partial charge in [0.15, 0.2) is 11.8 Å². The maximum atomic E-state index is 5.75. The highest BCUT2D eigenvalue weighted by Gasteiger charge is 2.16. The molecule has 0 radical (unpaired) electrons. The minimum Gasteiger partial charge on any atom is -0.494 e. The van der Waals surface area contributed by atoms with E-state index in [0.717, 1.165) is 36.3 Å². The third-order valence-corrected chi connectivity index (χ3v) is 4.88. The van der Waals surface area contributed by atoms with Gasteiger partial charge in [-0.3, -0.25) is 0 Å². The number of aliphatic imine (C=N–C) groups is 1. The summed E-state index contributed by atoms with van der Waals surface area (Å²) in [7, 11) is 1.97. The lowest BCUT2D eigenvalue weighted by atomic mass is 10.2. The number of rotatable bonds is 8. The van der Waals surface area contributed by atoms with E-state index in [0.29, 0.717) is 19.2 Å². The molecule has 0 unspecified atom stereocenters. The van der Waals surface area contributed by atoms with E-state index in [1.54, 1.807) is 0 Å². The van der Waals surface area contributed by atoms with Crippen LogP contribution in [0.2, 0.25) is 0 Å². The Labute approximate surface area is 161 Å². The number of nitrogens with zero attached hydrogens (tertiary/aromatic N) is 4. The van der Waals surface area contributed by atoms with Gasteiger partial charge >= 0.3 is 0 Å². The van der Waals surface area contributed by atoms with Crippen LogP contribution < -0.4 is 15.4 Å². The molecule has 7 heteroatoms. The molecule has 2 N–H and O–H groups in total. The predicted octanol–water partition coefficient (Wildman–Crippen LogP) is 2.57. The van der Waals surface area contributed by atoms with Crippen molar-refractivity contribution in [2.45, 2.75) is 51.6 Å². The molecule has 7 nitrogen and oxygen atoms in total. The van der Waals surface area contributed by atoms with E-state index in [1.807, 2.05) is 48.9 Å². The number of aryl methyl sites for hydroxylation is 1. The largest absolute Gasteiger partial charge is 0.494 e. The Balaban J connectivity index is 1.48. The van der Waals surface area contributed by atoms with Crippen LogP contribution in [-0.4, -0.2) is 39.9 Å². The van der Waals surface area contributed by atoms with Gasteiger partial charge < -0.3 is 19.9 Å². The van der Waals surface area contributed by atoms with Gasteiger partial charge in [0.1, 0.15) is 18.1 Å². The molecule has 1 heterocycles. The second-order valence-electron chi connectivity index (χ2n) is 6.95. The van der Waals surface area contributed by atoms with Gasteiger partial charge in [-0.15, -0.1) is 10.2 Å². The van der Waals surface area contributed by atoms with Crippen LogP contribution in [-0.2, 0) is 13.6 Å². The third-order valence-electron chi connectivity index (χ3n) is 4.88. The van der Waals surface area contributed by atoms with Crippen LogP contribution in [0.4, 0.5) is 0 Å². The zero-order valence-electron chi connectivity index (χ0n) is 16.3. The molecule has 27 heavy (non-hydrogen) atoms. The number of nitrogens with one attached hydrogen (secondary N) is 2. The van der Waals surface area contributed by atoms with Crippen LogP contribution in [0.5, 0.6) is 5.75 Å². The van der Waals surface area contributed by atoms with Crippen LogP contribution >= 0.6 is 0 Å². The van der Waals surface area contributed by atoms with Crippen molar-refractivity contribution >= 4 is 5.96 Å². The van der Waals surface area contributed by atoms with Crippen molar-refractivity contribution in [3.63, 3.8) is 0 Å². The average Bonchev–Trinajstić information content (AvgIpc) is 3.31. The summed E-state index contributed by atoms with van der Waals surface area (Å²) >= 11 is 0. The molecule has 0 amide bonds. The maximum Gasteiger partial charge on any atom is 0.191 e. The summed E-state index contributed by atoms with van der Waals surface area (Å²) in [5.41, 5.74) is 0. The number of aromatic nitrogens is 3. The van der Waals surface area contributed by atoms with Crippen molar-refractivity contribution < 1.29 is 4.74 Å². The fourth-order valence-electron chi connectivity index (χ4n) is 3.14. The SMILES string of the molecule is Cc1nnc(CN=C(NCCCOc2ccccc2)NC2CCCC2)n1C. The van der Waals surface area contributed by atoms with Gasteiger partial charge in [-0.1, -0.05) is 31.0 Å². The minimum atomic E-state index is 0.512. The van der Waals surface area contributed by atoms with Gasteiger partial charge in [0, 0.05) is 19.6 Å². The first-order chi connectivity index (χ1) is 13.2. The van der Waals surface area contributed by atoms with Crippen LogP contribution in [0.15, 0.2) is 35.3 Å². The van der Waals surface area contributed by atoms with E-state index in [2.05, 4.69) is 20.8 Å². The van der Waals surface area contributed by atoms with Crippen LogP contribution in [0.1, 0.15) is 43.8 Å². The number of hydrogen-bond acceptors (Lipinski definition) is 4. The van der Waals surface area contributed by atoms with E-state index < -0.39 is 0 Å². The topological polar surface area (TPSA) is 76.4 Å². The summed E-state index contributed by atoms with van der Waals surface area (Å²) in [4.78, 5) is 4.72. The van der Waals surface area contributed by atoms with E-state index >= 15 is 0 Å². The van der Waals surface area contributed by atoms with Crippen molar-refractivity contribution in [2.75, 3.05) is 13.2 Å². The lowest BCUT2D eigenvalue weighted by molar-refractivity contribution is 0.311. The van der Waals surface area contributed by atoms with E-state index in [4.69, 9.17) is 9.73 Å². The fraction of sp³-hybridized carbons (Fsp3) is 0.550. The molecule has 1 aliphatic carbocycles. The van der Waals surface area contributed by atoms with E-state index in [1.165, 1.54) is 25.7 Å². The monoisotopic (exact) mass is 370 g/mol. The standard InChI is InChI=1S/C20H30N6O/c1-16-24-25-19(26(16)2)15-22-20(23-17-9-6-7-10-17)21-13-8-14-27-18-11-4-3-5-12-18/h3-5,11-12,17H,6-10,13-15H2,1-2H3,(H2,21,22,23). The van der Waals surface area contributed by atoms with Gasteiger partial charge in [0.2, 0.25) is 0 Å². The molecule has 1 fully saturated rings. The summed E-state index contributed by atoms with van der Waals surface area (Å²) in [5.74, 6) is 3.53. The Kier molecular flexibility index (Phi) is 7.07. The normalized spacial score (nSPS) is 15.1. The highest BCUT2D eigenvalue weighted by Crippen LogP contribution is 2.17. The average molecular weight is 371 g/mol. The highest BCUT2D eigenvalue weighted by molar-refractivity contribution is 5.80. The maximum absolute atomic E-state index is 5.75. The van der Waals surface area contributed by atoms with Crippen LogP contribution in [0, 0.1) is 6.92 Å². The molecular weight excluding hydrogens is 340 g/mol. The molecule has 1 saturated carbocycles. The Morgan fingerprint density at radius 1 is 1.22 bits per heavy atom. The van der Waals surface area contributed by atoms with Gasteiger partial charge in [0.05, 0.1) is 6.61 Å². The molecule has 2 aromatic rings. The van der Waals surface area contributed by atoms with Crippen molar-refractivity contribution in [1.29, 1.82) is 0 Å². The molecule has 0 spiro atoms. The molecule has 0 saturated heterocycles. The first kappa shape index (κ1) is 19.2. The first-order valence-corrected chi connectivity index (χ1v) is 9.80. The van der Waals surface area contributed by atoms with Crippen molar-refractivity contribution in [2.24, 2.45) is 12.0 Å². The molecule has 3 rings (SSSR count). The van der Waals surface area contributed by atoms with Gasteiger partial charge in [-0.2, -0.15) is 0 Å². The smallest absolute Gasteiger partial charge is 0.191 e. The number of guanidine groups is 1. The van der Waals surface area contributed by atoms with Crippen LogP contribution in [0.25, 0.3) is 0 Å². The fourth-order valence-corrected chi connectivity index (χ4v) is 3.14. The Morgan fingerprint density at radius 3 is 2.70 bits per heavy atom. The number of para-hydroxylation sites is 1. The number of hydrogen-bond donors (Lipinski definition) is 2. The van der Waals surface area contributed by atoms with Crippen molar-refractivity contribution in [3.8, 4) is 5.75 Å². The quantitative estimate of drug-likeness (QED) is 0.424. The van der Waals surface area contributed by atoms with Crippen molar-refractivity contribution in [1.82, 2.24) is 25.4 Å². The van der Waals surface area contributed by atoms with E-state index in [-0.39, 0.29) is 0 Å². The summed E-state index contributed by atoms with van der Waals surface area (Å²) in [6.45, 7) is 3.95. The molecule has 0 atom stereocenters. The molecule has 0 aliphatic heterocycles. The van der Waals surface area contributed by atoms with Gasteiger partial charge in [-0.05, 0) is 38.3 Å².